The number of carbonyl (C=O) groups is 2. The van der Waals surface area contributed by atoms with Crippen LogP contribution in [-0.4, -0.2) is 29.8 Å². The van der Waals surface area contributed by atoms with Gasteiger partial charge in [0.1, 0.15) is 0 Å². The fraction of sp³-hybridized carbons (Fsp3) is 0.364. The third-order valence-electron chi connectivity index (χ3n) is 5.07. The van der Waals surface area contributed by atoms with Gasteiger partial charge in [-0.05, 0) is 49.4 Å². The van der Waals surface area contributed by atoms with Gasteiger partial charge in [-0.2, -0.15) is 0 Å². The van der Waals surface area contributed by atoms with Crippen LogP contribution in [0.5, 0.6) is 0 Å². The molecule has 0 radical (unpaired) electrons. The Morgan fingerprint density at radius 2 is 1.73 bits per heavy atom. The molecule has 1 saturated heterocycles. The van der Waals surface area contributed by atoms with Gasteiger partial charge in [0.2, 0.25) is 11.8 Å². The van der Waals surface area contributed by atoms with Crippen molar-refractivity contribution in [2.75, 3.05) is 18.4 Å². The maximum absolute atomic E-state index is 12.6. The Morgan fingerprint density at radius 1 is 1.04 bits per heavy atom. The molecule has 1 fully saturated rings. The van der Waals surface area contributed by atoms with Crippen LogP contribution in [0.2, 0.25) is 0 Å². The van der Waals surface area contributed by atoms with E-state index in [9.17, 15) is 9.59 Å². The summed E-state index contributed by atoms with van der Waals surface area (Å²) in [4.78, 5) is 26.9. The molecule has 4 nitrogen and oxygen atoms in total. The molecule has 2 aromatic carbocycles. The van der Waals surface area contributed by atoms with E-state index in [1.54, 1.807) is 0 Å². The van der Waals surface area contributed by atoms with Gasteiger partial charge in [-0.25, -0.2) is 0 Å². The molecule has 1 heterocycles. The fourth-order valence-corrected chi connectivity index (χ4v) is 3.38. The molecule has 1 aliphatic rings. The van der Waals surface area contributed by atoms with E-state index < -0.39 is 0 Å². The summed E-state index contributed by atoms with van der Waals surface area (Å²) in [5.41, 5.74) is 4.12. The fourth-order valence-electron chi connectivity index (χ4n) is 3.38. The quantitative estimate of drug-likeness (QED) is 0.913. The second kappa shape index (κ2) is 8.17. The summed E-state index contributed by atoms with van der Waals surface area (Å²) in [5.74, 6) is 0.175. The van der Waals surface area contributed by atoms with Crippen LogP contribution >= 0.6 is 0 Å². The van der Waals surface area contributed by atoms with E-state index in [-0.39, 0.29) is 17.7 Å². The number of anilines is 1. The topological polar surface area (TPSA) is 49.4 Å². The summed E-state index contributed by atoms with van der Waals surface area (Å²) in [7, 11) is 0. The number of aryl methyl sites for hydroxylation is 2. The van der Waals surface area contributed by atoms with Crippen molar-refractivity contribution in [3.05, 3.63) is 65.2 Å². The Labute approximate surface area is 155 Å². The molecule has 3 rings (SSSR count). The molecule has 2 amide bonds. The summed E-state index contributed by atoms with van der Waals surface area (Å²) in [5, 5.41) is 3.06. The lowest BCUT2D eigenvalue weighted by molar-refractivity contribution is -0.133. The highest BCUT2D eigenvalue weighted by atomic mass is 16.2. The third kappa shape index (κ3) is 4.51. The van der Waals surface area contributed by atoms with E-state index in [0.29, 0.717) is 19.5 Å². The number of hydrogen-bond acceptors (Lipinski definition) is 2. The van der Waals surface area contributed by atoms with Gasteiger partial charge in [-0.1, -0.05) is 42.5 Å². The molecule has 0 aromatic heterocycles. The standard InChI is InChI=1S/C22H26N2O2/c1-16-8-9-17(2)20(14-16)23-22(26)19-10-12-24(13-11-19)21(25)15-18-6-4-3-5-7-18/h3-9,14,19H,10-13,15H2,1-2H3,(H,23,26). The van der Waals surface area contributed by atoms with Crippen molar-refractivity contribution in [2.45, 2.75) is 33.1 Å². The van der Waals surface area contributed by atoms with Gasteiger partial charge in [0.25, 0.3) is 0 Å². The maximum Gasteiger partial charge on any atom is 0.227 e. The van der Waals surface area contributed by atoms with Crippen LogP contribution in [0.25, 0.3) is 0 Å². The zero-order valence-corrected chi connectivity index (χ0v) is 15.5. The average molecular weight is 350 g/mol. The largest absolute Gasteiger partial charge is 0.342 e. The molecule has 1 aliphatic heterocycles. The monoisotopic (exact) mass is 350 g/mol. The van der Waals surface area contributed by atoms with Crippen LogP contribution in [0, 0.1) is 19.8 Å². The summed E-state index contributed by atoms with van der Waals surface area (Å²) in [6, 6.07) is 15.9. The first-order valence-corrected chi connectivity index (χ1v) is 9.23. The molecule has 0 saturated carbocycles. The molecular weight excluding hydrogens is 324 g/mol. The maximum atomic E-state index is 12.6. The number of nitrogens with one attached hydrogen (secondary N) is 1. The number of nitrogens with zero attached hydrogens (tertiary/aromatic N) is 1. The summed E-state index contributed by atoms with van der Waals surface area (Å²) in [6.45, 7) is 5.32. The molecule has 0 unspecified atom stereocenters. The van der Waals surface area contributed by atoms with Crippen LogP contribution < -0.4 is 5.32 Å². The molecule has 0 atom stereocenters. The van der Waals surface area contributed by atoms with Gasteiger partial charge >= 0.3 is 0 Å². The van der Waals surface area contributed by atoms with Gasteiger partial charge in [0.05, 0.1) is 6.42 Å². The molecule has 2 aromatic rings. The summed E-state index contributed by atoms with van der Waals surface area (Å²) < 4.78 is 0. The first-order valence-electron chi connectivity index (χ1n) is 9.23. The zero-order valence-electron chi connectivity index (χ0n) is 15.5. The van der Waals surface area contributed by atoms with Crippen molar-refractivity contribution >= 4 is 17.5 Å². The van der Waals surface area contributed by atoms with Gasteiger partial charge in [-0.15, -0.1) is 0 Å². The van der Waals surface area contributed by atoms with E-state index in [2.05, 4.69) is 5.32 Å². The minimum absolute atomic E-state index is 0.0318. The van der Waals surface area contributed by atoms with Gasteiger partial charge in [-0.3, -0.25) is 9.59 Å². The van der Waals surface area contributed by atoms with Crippen molar-refractivity contribution in [3.8, 4) is 0 Å². The van der Waals surface area contributed by atoms with E-state index in [0.717, 1.165) is 35.2 Å². The van der Waals surface area contributed by atoms with E-state index in [1.807, 2.05) is 67.3 Å². The van der Waals surface area contributed by atoms with E-state index >= 15 is 0 Å². The lowest BCUT2D eigenvalue weighted by Gasteiger charge is -2.31. The van der Waals surface area contributed by atoms with Gasteiger partial charge < -0.3 is 10.2 Å². The van der Waals surface area contributed by atoms with Crippen LogP contribution in [0.4, 0.5) is 5.69 Å². The number of hydrogen-bond donors (Lipinski definition) is 1. The summed E-state index contributed by atoms with van der Waals surface area (Å²) in [6.07, 6.45) is 1.87. The Bertz CT molecular complexity index is 778. The first-order chi connectivity index (χ1) is 12.5. The van der Waals surface area contributed by atoms with E-state index in [4.69, 9.17) is 0 Å². The summed E-state index contributed by atoms with van der Waals surface area (Å²) >= 11 is 0. The SMILES string of the molecule is Cc1ccc(C)c(NC(=O)C2CCN(C(=O)Cc3ccccc3)CC2)c1. The molecule has 0 spiro atoms. The molecule has 4 heteroatoms. The highest BCUT2D eigenvalue weighted by Crippen LogP contribution is 2.22. The van der Waals surface area contributed by atoms with Crippen molar-refractivity contribution < 1.29 is 9.59 Å². The van der Waals surface area contributed by atoms with Crippen molar-refractivity contribution in [1.29, 1.82) is 0 Å². The average Bonchev–Trinajstić information content (AvgIpc) is 2.65. The zero-order chi connectivity index (χ0) is 18.5. The van der Waals surface area contributed by atoms with Crippen LogP contribution in [0.15, 0.2) is 48.5 Å². The van der Waals surface area contributed by atoms with Gasteiger partial charge in [0, 0.05) is 24.7 Å². The number of rotatable bonds is 4. The Balaban J connectivity index is 1.52. The Kier molecular flexibility index (Phi) is 5.71. The van der Waals surface area contributed by atoms with Crippen LogP contribution in [0.1, 0.15) is 29.5 Å². The smallest absolute Gasteiger partial charge is 0.227 e. The van der Waals surface area contributed by atoms with Crippen molar-refractivity contribution in [3.63, 3.8) is 0 Å². The number of carbonyl (C=O) groups excluding carboxylic acids is 2. The number of likely N-dealkylation sites (tertiary alicyclic amines) is 1. The molecule has 136 valence electrons. The van der Waals surface area contributed by atoms with Crippen molar-refractivity contribution in [1.82, 2.24) is 4.90 Å². The second-order valence-electron chi connectivity index (χ2n) is 7.13. The molecule has 26 heavy (non-hydrogen) atoms. The normalized spacial score (nSPS) is 14.9. The predicted molar refractivity (Wildman–Crippen MR) is 104 cm³/mol. The molecule has 1 N–H and O–H groups in total. The third-order valence-corrected chi connectivity index (χ3v) is 5.07. The van der Waals surface area contributed by atoms with Crippen LogP contribution in [0.3, 0.4) is 0 Å². The minimum Gasteiger partial charge on any atom is -0.342 e. The predicted octanol–water partition coefficient (Wildman–Crippen LogP) is 3.72. The highest BCUT2D eigenvalue weighted by molar-refractivity contribution is 5.93. The Morgan fingerprint density at radius 3 is 2.42 bits per heavy atom. The lowest BCUT2D eigenvalue weighted by Crippen LogP contribution is -2.42. The molecular formula is C22H26N2O2. The van der Waals surface area contributed by atoms with Crippen molar-refractivity contribution in [2.24, 2.45) is 5.92 Å². The van der Waals surface area contributed by atoms with Crippen LogP contribution in [-0.2, 0) is 16.0 Å². The minimum atomic E-state index is -0.0318. The van der Waals surface area contributed by atoms with Gasteiger partial charge in [0.15, 0.2) is 0 Å². The Hall–Kier alpha value is -2.62. The first kappa shape index (κ1) is 18.2. The number of piperidine rings is 1. The lowest BCUT2D eigenvalue weighted by atomic mass is 9.95. The highest BCUT2D eigenvalue weighted by Gasteiger charge is 2.27. The molecule has 0 bridgehead atoms. The number of benzene rings is 2. The number of amides is 2. The molecule has 0 aliphatic carbocycles. The van der Waals surface area contributed by atoms with E-state index in [1.165, 1.54) is 0 Å². The second-order valence-corrected chi connectivity index (χ2v) is 7.13.